The van der Waals surface area contributed by atoms with Crippen LogP contribution in [0.25, 0.3) is 16.3 Å². The summed E-state index contributed by atoms with van der Waals surface area (Å²) in [6.07, 6.45) is 0. The van der Waals surface area contributed by atoms with Crippen LogP contribution in [0.15, 0.2) is 53.9 Å². The molecule has 3 amide bonds. The molecule has 0 bridgehead atoms. The van der Waals surface area contributed by atoms with Crippen LogP contribution in [0.3, 0.4) is 0 Å². The molecule has 0 aliphatic heterocycles. The van der Waals surface area contributed by atoms with Crippen molar-refractivity contribution in [3.63, 3.8) is 0 Å². The summed E-state index contributed by atoms with van der Waals surface area (Å²) in [5, 5.41) is 11.1. The Morgan fingerprint density at radius 1 is 1.14 bits per heavy atom. The highest BCUT2D eigenvalue weighted by atomic mass is 32.1. The molecule has 150 valence electrons. The lowest BCUT2D eigenvalue weighted by Crippen LogP contribution is -2.44. The molecule has 8 nitrogen and oxygen atoms in total. The molecule has 0 atom stereocenters. The number of carbonyl (C=O) groups excluding carboxylic acids is 3. The number of urea groups is 1. The Morgan fingerprint density at radius 3 is 2.55 bits per heavy atom. The second-order valence-corrected chi connectivity index (χ2v) is 7.34. The third-order valence-electron chi connectivity index (χ3n) is 3.70. The average Bonchev–Trinajstić information content (AvgIpc) is 3.35. The first-order valence-corrected chi connectivity index (χ1v) is 9.79. The Balaban J connectivity index is 1.75. The molecule has 0 fully saturated rings. The molecule has 0 aliphatic carbocycles. The quantitative estimate of drug-likeness (QED) is 0.606. The second kappa shape index (κ2) is 9.16. The molecule has 0 aliphatic rings. The Labute approximate surface area is 171 Å². The van der Waals surface area contributed by atoms with Gasteiger partial charge in [0.2, 0.25) is 0 Å². The molecule has 9 heteroatoms. The fourth-order valence-corrected chi connectivity index (χ4v) is 3.18. The monoisotopic (exact) mass is 412 g/mol. The molecule has 0 radical (unpaired) electrons. The fourth-order valence-electron chi connectivity index (χ4n) is 2.50. The first kappa shape index (κ1) is 20.3. The summed E-state index contributed by atoms with van der Waals surface area (Å²) in [4.78, 5) is 36.9. The van der Waals surface area contributed by atoms with Crippen LogP contribution in [0.2, 0.25) is 0 Å². The lowest BCUT2D eigenvalue weighted by molar-refractivity contribution is -0.123. The summed E-state index contributed by atoms with van der Waals surface area (Å²) in [7, 11) is 0. The molecule has 0 unspecified atom stereocenters. The molecular formula is C20H20N4O4S. The van der Waals surface area contributed by atoms with Crippen LogP contribution < -0.4 is 10.6 Å². The number of benzene rings is 1. The third kappa shape index (κ3) is 5.29. The van der Waals surface area contributed by atoms with E-state index in [2.05, 4.69) is 15.7 Å². The van der Waals surface area contributed by atoms with Gasteiger partial charge in [-0.15, -0.1) is 11.3 Å². The number of para-hydroxylation sites is 1. The van der Waals surface area contributed by atoms with Crippen LogP contribution in [-0.2, 0) is 9.53 Å². The van der Waals surface area contributed by atoms with Crippen LogP contribution in [0.4, 0.5) is 4.79 Å². The zero-order valence-electron chi connectivity index (χ0n) is 15.9. The van der Waals surface area contributed by atoms with Crippen molar-refractivity contribution < 1.29 is 19.1 Å². The molecule has 29 heavy (non-hydrogen) atoms. The molecule has 2 aromatic heterocycles. The van der Waals surface area contributed by atoms with E-state index in [1.165, 1.54) is 16.0 Å². The van der Waals surface area contributed by atoms with E-state index in [-0.39, 0.29) is 11.7 Å². The number of esters is 1. The minimum atomic E-state index is -0.722. The van der Waals surface area contributed by atoms with Gasteiger partial charge in [0.05, 0.1) is 10.6 Å². The molecule has 3 aromatic rings. The first-order valence-electron chi connectivity index (χ1n) is 8.91. The molecule has 0 saturated carbocycles. The van der Waals surface area contributed by atoms with Crippen molar-refractivity contribution in [3.05, 3.63) is 59.6 Å². The predicted octanol–water partition coefficient (Wildman–Crippen LogP) is 2.99. The number of ether oxygens (including phenoxy) is 1. The van der Waals surface area contributed by atoms with Crippen LogP contribution in [0.1, 0.15) is 24.3 Å². The lowest BCUT2D eigenvalue weighted by Gasteiger charge is -2.10. The van der Waals surface area contributed by atoms with Crippen molar-refractivity contribution in [2.45, 2.75) is 19.9 Å². The predicted molar refractivity (Wildman–Crippen MR) is 109 cm³/mol. The summed E-state index contributed by atoms with van der Waals surface area (Å²) in [5.41, 5.74) is 1.48. The van der Waals surface area contributed by atoms with Crippen LogP contribution in [-0.4, -0.2) is 40.3 Å². The molecule has 2 N–H and O–H groups in total. The highest BCUT2D eigenvalue weighted by molar-refractivity contribution is 7.13. The van der Waals surface area contributed by atoms with Crippen LogP contribution in [0.5, 0.6) is 0 Å². The van der Waals surface area contributed by atoms with Gasteiger partial charge in [-0.3, -0.25) is 10.1 Å². The van der Waals surface area contributed by atoms with Gasteiger partial charge >= 0.3 is 12.0 Å². The average molecular weight is 412 g/mol. The number of aromatic nitrogens is 2. The van der Waals surface area contributed by atoms with E-state index < -0.39 is 24.5 Å². The molecule has 0 spiro atoms. The van der Waals surface area contributed by atoms with Gasteiger partial charge in [0.25, 0.3) is 5.91 Å². The number of amides is 3. The van der Waals surface area contributed by atoms with Gasteiger partial charge in [-0.25, -0.2) is 14.3 Å². The van der Waals surface area contributed by atoms with E-state index in [0.717, 1.165) is 4.88 Å². The maximum atomic E-state index is 12.6. The topological polar surface area (TPSA) is 102 Å². The number of thiophene rings is 1. The summed E-state index contributed by atoms with van der Waals surface area (Å²) in [6.45, 7) is 2.94. The van der Waals surface area contributed by atoms with Crippen molar-refractivity contribution in [3.8, 4) is 16.3 Å². The minimum Gasteiger partial charge on any atom is -0.451 e. The van der Waals surface area contributed by atoms with E-state index in [4.69, 9.17) is 4.74 Å². The largest absolute Gasteiger partial charge is 0.451 e. The molecule has 1 aromatic carbocycles. The summed E-state index contributed by atoms with van der Waals surface area (Å²) in [5.74, 6) is -1.44. The van der Waals surface area contributed by atoms with Crippen molar-refractivity contribution in [2.24, 2.45) is 0 Å². The standard InChI is InChI=1S/C20H20N4O4S/c1-13(2)21-20(27)22-18(25)12-28-19(26)16-11-15(17-9-6-10-29-17)23-24(16)14-7-4-3-5-8-14/h3-11,13H,12H2,1-2H3,(H2,21,22,25,27). The van der Waals surface area contributed by atoms with Gasteiger partial charge in [-0.1, -0.05) is 24.3 Å². The number of hydrogen-bond acceptors (Lipinski definition) is 6. The van der Waals surface area contributed by atoms with Crippen molar-refractivity contribution in [2.75, 3.05) is 6.61 Å². The smallest absolute Gasteiger partial charge is 0.357 e. The number of imide groups is 1. The van der Waals surface area contributed by atoms with E-state index in [1.807, 2.05) is 47.8 Å². The van der Waals surface area contributed by atoms with E-state index in [9.17, 15) is 14.4 Å². The molecule has 0 saturated heterocycles. The maximum absolute atomic E-state index is 12.6. The Kier molecular flexibility index (Phi) is 6.40. The summed E-state index contributed by atoms with van der Waals surface area (Å²) in [6, 6.07) is 13.8. The van der Waals surface area contributed by atoms with Gasteiger partial charge in [-0.2, -0.15) is 5.10 Å². The normalized spacial score (nSPS) is 10.6. The van der Waals surface area contributed by atoms with Gasteiger partial charge < -0.3 is 10.1 Å². The zero-order valence-corrected chi connectivity index (χ0v) is 16.7. The molecular weight excluding hydrogens is 392 g/mol. The summed E-state index contributed by atoms with van der Waals surface area (Å²) < 4.78 is 6.57. The Bertz CT molecular complexity index is 997. The number of carbonyl (C=O) groups is 3. The Hall–Kier alpha value is -3.46. The van der Waals surface area contributed by atoms with Crippen molar-refractivity contribution >= 4 is 29.2 Å². The number of nitrogens with zero attached hydrogens (tertiary/aromatic N) is 2. The van der Waals surface area contributed by atoms with Gasteiger partial charge in [-0.05, 0) is 37.4 Å². The molecule has 2 heterocycles. The zero-order chi connectivity index (χ0) is 20.8. The minimum absolute atomic E-state index is 0.124. The van der Waals surface area contributed by atoms with Crippen molar-refractivity contribution in [1.29, 1.82) is 0 Å². The number of nitrogens with one attached hydrogen (secondary N) is 2. The van der Waals surface area contributed by atoms with Gasteiger partial charge in [0.1, 0.15) is 5.69 Å². The van der Waals surface area contributed by atoms with Gasteiger partial charge in [0.15, 0.2) is 12.3 Å². The highest BCUT2D eigenvalue weighted by Crippen LogP contribution is 2.26. The van der Waals surface area contributed by atoms with Gasteiger partial charge in [0, 0.05) is 12.1 Å². The SMILES string of the molecule is CC(C)NC(=O)NC(=O)COC(=O)c1cc(-c2cccs2)nn1-c1ccccc1. The lowest BCUT2D eigenvalue weighted by atomic mass is 10.3. The summed E-state index contributed by atoms with van der Waals surface area (Å²) >= 11 is 1.50. The first-order chi connectivity index (χ1) is 13.9. The number of rotatable bonds is 6. The highest BCUT2D eigenvalue weighted by Gasteiger charge is 2.20. The number of hydrogen-bond donors (Lipinski definition) is 2. The van der Waals surface area contributed by atoms with E-state index in [1.54, 1.807) is 19.9 Å². The third-order valence-corrected chi connectivity index (χ3v) is 4.59. The van der Waals surface area contributed by atoms with Crippen molar-refractivity contribution in [1.82, 2.24) is 20.4 Å². The fraction of sp³-hybridized carbons (Fsp3) is 0.200. The Morgan fingerprint density at radius 2 is 1.90 bits per heavy atom. The van der Waals surface area contributed by atoms with Crippen LogP contribution >= 0.6 is 11.3 Å². The van der Waals surface area contributed by atoms with E-state index >= 15 is 0 Å². The molecule has 3 rings (SSSR count). The van der Waals surface area contributed by atoms with Crippen LogP contribution in [0, 0.1) is 0 Å². The second-order valence-electron chi connectivity index (χ2n) is 6.39. The maximum Gasteiger partial charge on any atom is 0.357 e. The van der Waals surface area contributed by atoms with E-state index in [0.29, 0.717) is 11.4 Å².